The van der Waals surface area contributed by atoms with Gasteiger partial charge in [-0.3, -0.25) is 9.69 Å². The summed E-state index contributed by atoms with van der Waals surface area (Å²) >= 11 is 7.83. The van der Waals surface area contributed by atoms with Gasteiger partial charge in [-0.05, 0) is 35.9 Å². The van der Waals surface area contributed by atoms with Crippen LogP contribution in [0.3, 0.4) is 0 Å². The largest absolute Gasteiger partial charge is 0.323 e. The van der Waals surface area contributed by atoms with Gasteiger partial charge in [-0.25, -0.2) is 4.79 Å². The van der Waals surface area contributed by atoms with Crippen molar-refractivity contribution >= 4 is 46.7 Å². The minimum absolute atomic E-state index is 0.112. The van der Waals surface area contributed by atoms with Gasteiger partial charge in [0.2, 0.25) is 0 Å². The molecule has 7 heteroatoms. The number of hydrogen-bond acceptors (Lipinski definition) is 3. The van der Waals surface area contributed by atoms with E-state index >= 15 is 0 Å². The van der Waals surface area contributed by atoms with Gasteiger partial charge in [-0.15, -0.1) is 11.8 Å². The van der Waals surface area contributed by atoms with E-state index in [4.69, 9.17) is 11.6 Å². The van der Waals surface area contributed by atoms with Gasteiger partial charge in [0, 0.05) is 28.6 Å². The zero-order valence-electron chi connectivity index (χ0n) is 16.6. The Kier molecular flexibility index (Phi) is 5.12. The van der Waals surface area contributed by atoms with Crippen molar-refractivity contribution < 1.29 is 9.59 Å². The van der Waals surface area contributed by atoms with Crippen LogP contribution in [0.2, 0.25) is 5.02 Å². The van der Waals surface area contributed by atoms with Crippen molar-refractivity contribution in [2.75, 3.05) is 22.5 Å². The first-order valence-corrected chi connectivity index (χ1v) is 11.4. The third kappa shape index (κ3) is 3.36. The molecule has 1 saturated heterocycles. The molecule has 5 nitrogen and oxygen atoms in total. The standard InChI is InChI=1S/C24H20ClN3O2S/c25-18-11-12-21-20(15-18)24(22(29)27(21)16-17-7-3-1-4-8-17)28(13-14-31-24)23(30)26-19-9-5-2-6-10-19/h1-12,15H,13-14,16H2,(H,26,30). The summed E-state index contributed by atoms with van der Waals surface area (Å²) < 4.78 is 0. The summed E-state index contributed by atoms with van der Waals surface area (Å²) in [5.41, 5.74) is 3.28. The van der Waals surface area contributed by atoms with Gasteiger partial charge in [-0.2, -0.15) is 0 Å². The van der Waals surface area contributed by atoms with E-state index in [0.717, 1.165) is 16.8 Å². The average Bonchev–Trinajstić information content (AvgIpc) is 3.33. The summed E-state index contributed by atoms with van der Waals surface area (Å²) in [5, 5.41) is 3.48. The monoisotopic (exact) mass is 449 g/mol. The molecule has 2 aliphatic rings. The summed E-state index contributed by atoms with van der Waals surface area (Å²) in [6.07, 6.45) is 0. The van der Waals surface area contributed by atoms with E-state index in [0.29, 0.717) is 29.6 Å². The molecule has 0 aromatic heterocycles. The number of hydrogen-bond donors (Lipinski definition) is 1. The molecule has 1 atom stereocenters. The molecule has 3 aromatic rings. The Labute approximate surface area is 190 Å². The fourth-order valence-electron chi connectivity index (χ4n) is 4.22. The smallest absolute Gasteiger partial charge is 0.308 e. The lowest BCUT2D eigenvalue weighted by Crippen LogP contribution is -2.51. The number of nitrogens with zero attached hydrogens (tertiary/aromatic N) is 2. The number of amides is 3. The van der Waals surface area contributed by atoms with Crippen LogP contribution in [0.1, 0.15) is 11.1 Å². The lowest BCUT2D eigenvalue weighted by molar-refractivity contribution is -0.123. The number of urea groups is 1. The highest BCUT2D eigenvalue weighted by atomic mass is 35.5. The average molecular weight is 450 g/mol. The third-order valence-corrected chi connectivity index (χ3v) is 7.26. The van der Waals surface area contributed by atoms with E-state index in [1.165, 1.54) is 11.8 Å². The Hall–Kier alpha value is -2.96. The Morgan fingerprint density at radius 1 is 1.03 bits per heavy atom. The maximum absolute atomic E-state index is 13.9. The second-order valence-electron chi connectivity index (χ2n) is 7.48. The number of rotatable bonds is 3. The third-order valence-electron chi connectivity index (χ3n) is 5.61. The summed E-state index contributed by atoms with van der Waals surface area (Å²) in [6.45, 7) is 0.908. The van der Waals surface area contributed by atoms with Crippen molar-refractivity contribution in [2.24, 2.45) is 0 Å². The molecule has 2 heterocycles. The number of halogens is 1. The maximum Gasteiger partial charge on any atom is 0.323 e. The lowest BCUT2D eigenvalue weighted by Gasteiger charge is -2.33. The van der Waals surface area contributed by atoms with Crippen molar-refractivity contribution in [3.63, 3.8) is 0 Å². The first-order chi connectivity index (χ1) is 15.1. The molecule has 1 unspecified atom stereocenters. The summed E-state index contributed by atoms with van der Waals surface area (Å²) in [5.74, 6) is 0.554. The topological polar surface area (TPSA) is 52.7 Å². The minimum atomic E-state index is -1.12. The fraction of sp³-hybridized carbons (Fsp3) is 0.167. The second kappa shape index (κ2) is 7.94. The van der Waals surface area contributed by atoms with Crippen molar-refractivity contribution in [1.29, 1.82) is 0 Å². The lowest BCUT2D eigenvalue weighted by atomic mass is 10.1. The van der Waals surface area contributed by atoms with Gasteiger partial charge in [0.25, 0.3) is 5.91 Å². The highest BCUT2D eigenvalue weighted by Crippen LogP contribution is 2.55. The number of nitrogens with one attached hydrogen (secondary N) is 1. The van der Waals surface area contributed by atoms with Crippen LogP contribution in [0.5, 0.6) is 0 Å². The van der Waals surface area contributed by atoms with Gasteiger partial charge in [-0.1, -0.05) is 60.1 Å². The number of fused-ring (bicyclic) bond motifs is 2. The zero-order valence-corrected chi connectivity index (χ0v) is 18.2. The maximum atomic E-state index is 13.9. The number of para-hydroxylation sites is 1. The van der Waals surface area contributed by atoms with Crippen LogP contribution in [0.25, 0.3) is 0 Å². The highest BCUT2D eigenvalue weighted by molar-refractivity contribution is 8.01. The van der Waals surface area contributed by atoms with Crippen molar-refractivity contribution in [2.45, 2.75) is 11.4 Å². The molecule has 5 rings (SSSR count). The molecule has 1 spiro atoms. The number of benzene rings is 3. The summed E-state index contributed by atoms with van der Waals surface area (Å²) in [4.78, 5) is 29.5. The Bertz CT molecular complexity index is 1140. The summed E-state index contributed by atoms with van der Waals surface area (Å²) in [6, 6.07) is 24.3. The van der Waals surface area contributed by atoms with E-state index in [-0.39, 0.29) is 11.9 Å². The Balaban J connectivity index is 1.54. The Morgan fingerprint density at radius 3 is 2.48 bits per heavy atom. The van der Waals surface area contributed by atoms with Crippen LogP contribution in [0, 0.1) is 0 Å². The molecular weight excluding hydrogens is 430 g/mol. The van der Waals surface area contributed by atoms with Crippen LogP contribution < -0.4 is 10.2 Å². The molecule has 1 N–H and O–H groups in total. The van der Waals surface area contributed by atoms with Gasteiger partial charge in [0.1, 0.15) is 0 Å². The van der Waals surface area contributed by atoms with E-state index in [9.17, 15) is 9.59 Å². The van der Waals surface area contributed by atoms with Crippen LogP contribution in [0.15, 0.2) is 78.9 Å². The molecule has 0 radical (unpaired) electrons. The van der Waals surface area contributed by atoms with Gasteiger partial charge >= 0.3 is 6.03 Å². The minimum Gasteiger partial charge on any atom is -0.308 e. The molecule has 0 aliphatic carbocycles. The number of anilines is 2. The quantitative estimate of drug-likeness (QED) is 0.588. The second-order valence-corrected chi connectivity index (χ2v) is 9.20. The number of carbonyl (C=O) groups is 2. The van der Waals surface area contributed by atoms with Crippen LogP contribution in [-0.2, 0) is 16.2 Å². The molecule has 3 aromatic carbocycles. The van der Waals surface area contributed by atoms with Gasteiger partial charge in [0.15, 0.2) is 4.87 Å². The normalized spacial score (nSPS) is 19.7. The van der Waals surface area contributed by atoms with Gasteiger partial charge < -0.3 is 10.2 Å². The molecule has 0 saturated carbocycles. The van der Waals surface area contributed by atoms with Gasteiger partial charge in [0.05, 0.1) is 12.2 Å². The van der Waals surface area contributed by atoms with Crippen molar-refractivity contribution in [3.05, 3.63) is 95.0 Å². The van der Waals surface area contributed by atoms with E-state index < -0.39 is 4.87 Å². The number of thioether (sulfide) groups is 1. The molecular formula is C24H20ClN3O2S. The van der Waals surface area contributed by atoms with E-state index in [1.807, 2.05) is 72.8 Å². The first kappa shape index (κ1) is 20.0. The molecule has 31 heavy (non-hydrogen) atoms. The zero-order chi connectivity index (χ0) is 21.4. The predicted molar refractivity (Wildman–Crippen MR) is 125 cm³/mol. The highest BCUT2D eigenvalue weighted by Gasteiger charge is 2.59. The molecule has 3 amide bonds. The predicted octanol–water partition coefficient (Wildman–Crippen LogP) is 5.32. The number of carbonyl (C=O) groups excluding carboxylic acids is 2. The Morgan fingerprint density at radius 2 is 1.74 bits per heavy atom. The van der Waals surface area contributed by atoms with Crippen LogP contribution >= 0.6 is 23.4 Å². The fourth-order valence-corrected chi connectivity index (χ4v) is 5.85. The molecule has 1 fully saturated rings. The molecule has 2 aliphatic heterocycles. The van der Waals surface area contributed by atoms with Crippen molar-refractivity contribution in [3.8, 4) is 0 Å². The molecule has 156 valence electrons. The summed E-state index contributed by atoms with van der Waals surface area (Å²) in [7, 11) is 0. The van der Waals surface area contributed by atoms with Crippen LogP contribution in [0.4, 0.5) is 16.2 Å². The van der Waals surface area contributed by atoms with E-state index in [1.54, 1.807) is 15.9 Å². The van der Waals surface area contributed by atoms with E-state index in [2.05, 4.69) is 5.32 Å². The van der Waals surface area contributed by atoms with Crippen molar-refractivity contribution in [1.82, 2.24) is 4.90 Å². The SMILES string of the molecule is O=C(Nc1ccccc1)N1CCSC12C(=O)N(Cc1ccccc1)c1ccc(Cl)cc12. The molecule has 0 bridgehead atoms. The van der Waals surface area contributed by atoms with Crippen LogP contribution in [-0.4, -0.2) is 29.1 Å². The first-order valence-electron chi connectivity index (χ1n) is 10.0.